The summed E-state index contributed by atoms with van der Waals surface area (Å²) in [5.74, 6) is 1.77. The van der Waals surface area contributed by atoms with E-state index in [1.54, 1.807) is 0 Å². The van der Waals surface area contributed by atoms with Crippen LogP contribution in [0.2, 0.25) is 0 Å². The van der Waals surface area contributed by atoms with E-state index in [-0.39, 0.29) is 0 Å². The molecule has 4 aromatic heterocycles. The summed E-state index contributed by atoms with van der Waals surface area (Å²) >= 11 is 0. The summed E-state index contributed by atoms with van der Waals surface area (Å²) in [7, 11) is 0. The molecule has 6 heteroatoms. The van der Waals surface area contributed by atoms with Gasteiger partial charge in [-0.2, -0.15) is 0 Å². The van der Waals surface area contributed by atoms with Crippen LogP contribution in [0.15, 0.2) is 249 Å². The van der Waals surface area contributed by atoms with E-state index in [9.17, 15) is 0 Å². The number of nitrogens with zero attached hydrogens (tertiary/aromatic N) is 6. The Labute approximate surface area is 427 Å². The topological polar surface area (TPSA) is 44.5 Å². The minimum absolute atomic E-state index is 0.883. The molecular weight excluding hydrogens is 901 g/mol. The van der Waals surface area contributed by atoms with E-state index < -0.39 is 0 Å². The molecule has 0 bridgehead atoms. The third-order valence-corrected chi connectivity index (χ3v) is 15.0. The Hall–Kier alpha value is -9.78. The fourth-order valence-corrected chi connectivity index (χ4v) is 11.9. The van der Waals surface area contributed by atoms with Gasteiger partial charge in [0.2, 0.25) is 11.6 Å². The van der Waals surface area contributed by atoms with Gasteiger partial charge < -0.3 is 0 Å². The molecule has 10 aromatic carbocycles. The molecule has 0 amide bonds. The first-order valence-corrected chi connectivity index (χ1v) is 25.5. The summed E-state index contributed by atoms with van der Waals surface area (Å²) in [5, 5.41) is 0. The van der Waals surface area contributed by atoms with Crippen molar-refractivity contribution in [2.45, 2.75) is 12.8 Å². The first-order valence-electron chi connectivity index (χ1n) is 25.5. The van der Waals surface area contributed by atoms with E-state index in [1.165, 1.54) is 27.8 Å². The molecule has 0 atom stereocenters. The Kier molecular flexibility index (Phi) is 9.60. The van der Waals surface area contributed by atoms with Crippen molar-refractivity contribution in [2.24, 2.45) is 0 Å². The summed E-state index contributed by atoms with van der Waals surface area (Å²) in [4.78, 5) is 10.8. The number of aromatic nitrogens is 6. The van der Waals surface area contributed by atoms with Crippen LogP contribution in [0.4, 0.5) is 0 Å². The summed E-state index contributed by atoms with van der Waals surface area (Å²) < 4.78 is 9.35. The zero-order valence-corrected chi connectivity index (χ0v) is 40.3. The van der Waals surface area contributed by atoms with Gasteiger partial charge in [0, 0.05) is 5.69 Å². The molecule has 0 unspecified atom stereocenters. The Morgan fingerprint density at radius 3 is 1.30 bits per heavy atom. The molecule has 0 spiro atoms. The zero-order chi connectivity index (χ0) is 48.7. The van der Waals surface area contributed by atoms with Gasteiger partial charge in [-0.1, -0.05) is 194 Å². The van der Waals surface area contributed by atoms with Gasteiger partial charge in [0.1, 0.15) is 0 Å². The van der Waals surface area contributed by atoms with Crippen LogP contribution in [0.5, 0.6) is 0 Å². The number of allylic oxidation sites excluding steroid dienone is 1. The van der Waals surface area contributed by atoms with Crippen LogP contribution in [0.1, 0.15) is 17.8 Å². The molecule has 348 valence electrons. The second kappa shape index (κ2) is 16.9. The number of benzene rings is 10. The zero-order valence-electron chi connectivity index (χ0n) is 40.3. The van der Waals surface area contributed by atoms with Gasteiger partial charge in [0.25, 0.3) is 0 Å². The molecule has 0 aliphatic heterocycles. The maximum absolute atomic E-state index is 5.52. The third kappa shape index (κ3) is 6.44. The van der Waals surface area contributed by atoms with Gasteiger partial charge in [-0.15, -0.1) is 0 Å². The summed E-state index contributed by atoms with van der Waals surface area (Å²) in [6.07, 6.45) is 6.40. The molecule has 74 heavy (non-hydrogen) atoms. The number of hydrogen-bond acceptors (Lipinski definition) is 2. The highest BCUT2D eigenvalue weighted by Gasteiger charge is 2.30. The Balaban J connectivity index is 1.05. The average molecular weight is 947 g/mol. The first kappa shape index (κ1) is 42.0. The number of aryl methyl sites for hydroxylation is 1. The van der Waals surface area contributed by atoms with Crippen LogP contribution in [0.3, 0.4) is 0 Å². The highest BCUT2D eigenvalue weighted by Crippen LogP contribution is 2.56. The van der Waals surface area contributed by atoms with Crippen molar-refractivity contribution in [3.8, 4) is 78.1 Å². The maximum Gasteiger partial charge on any atom is 0.220 e. The van der Waals surface area contributed by atoms with E-state index in [0.29, 0.717) is 0 Å². The fraction of sp³-hybridized carbons (Fsp3) is 0.0294. The molecule has 4 heterocycles. The first-order chi connectivity index (χ1) is 36.8. The predicted octanol–water partition coefficient (Wildman–Crippen LogP) is 17.0. The van der Waals surface area contributed by atoms with Crippen LogP contribution < -0.4 is 0 Å². The van der Waals surface area contributed by atoms with Gasteiger partial charge in [0.05, 0.1) is 50.2 Å². The highest BCUT2D eigenvalue weighted by molar-refractivity contribution is 6.15. The normalized spacial score (nSPS) is 12.4. The number of fused-ring (bicyclic) bond motifs is 10. The molecule has 0 N–H and O–H groups in total. The van der Waals surface area contributed by atoms with Gasteiger partial charge in [-0.25, -0.2) is 9.97 Å². The molecule has 0 fully saturated rings. The van der Waals surface area contributed by atoms with Crippen molar-refractivity contribution in [1.82, 2.24) is 27.9 Å². The van der Waals surface area contributed by atoms with E-state index >= 15 is 0 Å². The van der Waals surface area contributed by atoms with Crippen LogP contribution in [0.25, 0.3) is 129 Å². The van der Waals surface area contributed by atoms with E-state index in [4.69, 9.17) is 9.97 Å². The minimum Gasteiger partial charge on any atom is -0.278 e. The molecule has 0 saturated carbocycles. The lowest BCUT2D eigenvalue weighted by Gasteiger charge is -2.29. The Bertz CT molecular complexity index is 4400. The van der Waals surface area contributed by atoms with Crippen molar-refractivity contribution in [1.29, 1.82) is 0 Å². The van der Waals surface area contributed by atoms with Gasteiger partial charge in [0.15, 0.2) is 0 Å². The molecular formula is C68H46N6. The standard InChI is InChI=1S/C68H46N6/c1-6-23-45(24-7-1)61-62(46-25-8-2-9-26-46)64(48-29-12-4-13-30-48)66(65(49-31-14-5-15-32-49)63(61)47-27-10-3-11-28-47)50-33-22-34-51(43-50)71-59-42-41-52(44-60(59)74-56-38-19-17-36-54(56)70-68(71)74)72-57-39-20-21-40-58(57)73-55-37-18-16-35-53(55)69-67(72)73/h1-16,18-35,37-44H,17,36H2. The van der Waals surface area contributed by atoms with Crippen molar-refractivity contribution >= 4 is 50.7 Å². The smallest absolute Gasteiger partial charge is 0.220 e. The molecule has 1 aliphatic rings. The summed E-state index contributed by atoms with van der Waals surface area (Å²) in [6.45, 7) is 0. The molecule has 0 saturated heterocycles. The summed E-state index contributed by atoms with van der Waals surface area (Å²) in [6, 6.07) is 88.0. The van der Waals surface area contributed by atoms with Crippen LogP contribution >= 0.6 is 0 Å². The van der Waals surface area contributed by atoms with E-state index in [2.05, 4.69) is 273 Å². The second-order valence-corrected chi connectivity index (χ2v) is 19.2. The van der Waals surface area contributed by atoms with Crippen molar-refractivity contribution < 1.29 is 0 Å². The predicted molar refractivity (Wildman–Crippen MR) is 305 cm³/mol. The monoisotopic (exact) mass is 946 g/mol. The van der Waals surface area contributed by atoms with Crippen LogP contribution in [0, 0.1) is 0 Å². The number of rotatable bonds is 8. The Morgan fingerprint density at radius 1 is 0.311 bits per heavy atom. The average Bonchev–Trinajstić information content (AvgIpc) is 4.23. The minimum atomic E-state index is 0.883. The second-order valence-electron chi connectivity index (χ2n) is 19.2. The molecule has 15 rings (SSSR count). The van der Waals surface area contributed by atoms with Crippen molar-refractivity contribution in [3.05, 3.63) is 260 Å². The highest BCUT2D eigenvalue weighted by atomic mass is 15.2. The number of para-hydroxylation sites is 4. The molecule has 6 nitrogen and oxygen atoms in total. The lowest BCUT2D eigenvalue weighted by atomic mass is 9.74. The van der Waals surface area contributed by atoms with E-state index in [1.807, 2.05) is 0 Å². The summed E-state index contributed by atoms with van der Waals surface area (Å²) in [5.41, 5.74) is 24.7. The van der Waals surface area contributed by atoms with Crippen LogP contribution in [-0.2, 0) is 6.42 Å². The molecule has 1 aliphatic carbocycles. The molecule has 0 radical (unpaired) electrons. The van der Waals surface area contributed by atoms with Gasteiger partial charge >= 0.3 is 0 Å². The van der Waals surface area contributed by atoms with Crippen molar-refractivity contribution in [3.63, 3.8) is 0 Å². The Morgan fingerprint density at radius 2 is 0.743 bits per heavy atom. The maximum atomic E-state index is 5.52. The SMILES string of the molecule is C1=Cc2c(nc3n(-c4cccc(-c5c(-c6ccccc6)c(-c6ccccc6)c(-c6ccccc6)c(-c6ccccc6)c5-c5ccccc5)c4)c4ccc(-n5c6ccccc6n6c7ccccc7nc56)cc4n23)CC1. The van der Waals surface area contributed by atoms with E-state index in [0.717, 1.165) is 119 Å². The van der Waals surface area contributed by atoms with Crippen molar-refractivity contribution in [2.75, 3.05) is 0 Å². The lowest BCUT2D eigenvalue weighted by molar-refractivity contribution is 0.940. The quantitative estimate of drug-likeness (QED) is 0.152. The third-order valence-electron chi connectivity index (χ3n) is 15.0. The number of hydrogen-bond donors (Lipinski definition) is 0. The largest absolute Gasteiger partial charge is 0.278 e. The number of imidazole rings is 4. The molecule has 14 aromatic rings. The van der Waals surface area contributed by atoms with Crippen LogP contribution in [-0.4, -0.2) is 27.9 Å². The fourth-order valence-electron chi connectivity index (χ4n) is 11.9. The lowest BCUT2D eigenvalue weighted by Crippen LogP contribution is -2.03. The van der Waals surface area contributed by atoms with Gasteiger partial charge in [-0.3, -0.25) is 17.9 Å². The van der Waals surface area contributed by atoms with Gasteiger partial charge in [-0.05, 0) is 140 Å².